The molecule has 0 aliphatic carbocycles. The van der Waals surface area contributed by atoms with Gasteiger partial charge in [0.15, 0.2) is 0 Å². The minimum Gasteiger partial charge on any atom is -0.371 e. The van der Waals surface area contributed by atoms with E-state index in [2.05, 4.69) is 47.5 Å². The molecule has 2 rings (SSSR count). The smallest absolute Gasteiger partial charge is 0.103 e. The minimum absolute atomic E-state index is 0.382. The topological polar surface area (TPSA) is 39.1 Å². The number of benzene rings is 1. The highest BCUT2D eigenvalue weighted by atomic mass is 15.1. The van der Waals surface area contributed by atoms with Crippen LogP contribution in [-0.4, -0.2) is 25.7 Å². The summed E-state index contributed by atoms with van der Waals surface area (Å²) in [4.78, 5) is 2.52. The van der Waals surface area contributed by atoms with Crippen LogP contribution in [0.3, 0.4) is 0 Å². The van der Waals surface area contributed by atoms with Crippen molar-refractivity contribution in [1.29, 1.82) is 5.26 Å². The van der Waals surface area contributed by atoms with Gasteiger partial charge in [-0.25, -0.2) is 0 Å². The van der Waals surface area contributed by atoms with Crippen molar-refractivity contribution in [2.45, 2.75) is 45.1 Å². The summed E-state index contributed by atoms with van der Waals surface area (Å²) in [6, 6.07) is 11.1. The van der Waals surface area contributed by atoms with E-state index in [1.54, 1.807) is 0 Å². The second kappa shape index (κ2) is 6.95. The highest BCUT2D eigenvalue weighted by Crippen LogP contribution is 2.29. The lowest BCUT2D eigenvalue weighted by Gasteiger charge is -2.35. The highest BCUT2D eigenvalue weighted by molar-refractivity contribution is 5.55. The minimum atomic E-state index is -0.382. The lowest BCUT2D eigenvalue weighted by atomic mass is 9.93. The Morgan fingerprint density at radius 1 is 1.38 bits per heavy atom. The molecule has 0 radical (unpaired) electrons. The van der Waals surface area contributed by atoms with E-state index in [0.29, 0.717) is 0 Å². The average Bonchev–Trinajstić information content (AvgIpc) is 2.51. The van der Waals surface area contributed by atoms with Gasteiger partial charge in [0.05, 0.1) is 6.07 Å². The zero-order valence-corrected chi connectivity index (χ0v) is 13.5. The fraction of sp³-hybridized carbons (Fsp3) is 0.611. The van der Waals surface area contributed by atoms with Gasteiger partial charge in [-0.05, 0) is 57.2 Å². The molecule has 0 aromatic heterocycles. The summed E-state index contributed by atoms with van der Waals surface area (Å²) in [5, 5.41) is 12.3. The molecule has 1 aliphatic heterocycles. The Hall–Kier alpha value is -1.53. The molecule has 1 aromatic carbocycles. The number of hydrogen-bond donors (Lipinski definition) is 1. The third-order valence-corrected chi connectivity index (χ3v) is 4.59. The summed E-state index contributed by atoms with van der Waals surface area (Å²) in [6.07, 6.45) is 4.32. The van der Waals surface area contributed by atoms with E-state index in [9.17, 15) is 5.26 Å². The summed E-state index contributed by atoms with van der Waals surface area (Å²) in [5.74, 6) is 0.724. The molecular weight excluding hydrogens is 258 g/mol. The summed E-state index contributed by atoms with van der Waals surface area (Å²) in [5.41, 5.74) is 2.51. The van der Waals surface area contributed by atoms with E-state index in [1.807, 2.05) is 14.0 Å². The number of anilines is 1. The van der Waals surface area contributed by atoms with Gasteiger partial charge in [-0.3, -0.25) is 0 Å². The van der Waals surface area contributed by atoms with Crippen molar-refractivity contribution >= 4 is 5.69 Å². The molecule has 3 heteroatoms. The first-order valence-electron chi connectivity index (χ1n) is 8.01. The van der Waals surface area contributed by atoms with Crippen LogP contribution in [0.4, 0.5) is 5.69 Å². The maximum Gasteiger partial charge on any atom is 0.103 e. The second-order valence-electron chi connectivity index (χ2n) is 6.54. The lowest BCUT2D eigenvalue weighted by molar-refractivity contribution is 0.430. The quantitative estimate of drug-likeness (QED) is 0.815. The number of unbranched alkanes of at least 4 members (excludes halogenated alkanes) is 1. The number of nitrogens with one attached hydrogen (secondary N) is 1. The first-order valence-corrected chi connectivity index (χ1v) is 8.01. The molecule has 3 nitrogen and oxygen atoms in total. The summed E-state index contributed by atoms with van der Waals surface area (Å²) in [6.45, 7) is 6.55. The maximum atomic E-state index is 9.18. The van der Waals surface area contributed by atoms with Crippen molar-refractivity contribution in [3.8, 4) is 6.07 Å². The van der Waals surface area contributed by atoms with Gasteiger partial charge < -0.3 is 10.2 Å². The number of nitriles is 1. The van der Waals surface area contributed by atoms with Crippen LogP contribution in [0.2, 0.25) is 0 Å². The standard InChI is InChI=1S/C18H27N3/c1-15-12-16-8-4-5-9-17(16)21(13-15)11-7-6-10-18(2,14-19)20-3/h4-5,8-9,15,20H,6-7,10-13H2,1-3H3. The van der Waals surface area contributed by atoms with Crippen molar-refractivity contribution in [3.63, 3.8) is 0 Å². The Kier molecular flexibility index (Phi) is 5.25. The van der Waals surface area contributed by atoms with Crippen LogP contribution >= 0.6 is 0 Å². The zero-order chi connectivity index (χ0) is 15.3. The van der Waals surface area contributed by atoms with Gasteiger partial charge in [-0.1, -0.05) is 25.1 Å². The van der Waals surface area contributed by atoms with Crippen molar-refractivity contribution < 1.29 is 0 Å². The predicted molar refractivity (Wildman–Crippen MR) is 88.5 cm³/mol. The summed E-state index contributed by atoms with van der Waals surface area (Å²) in [7, 11) is 1.87. The van der Waals surface area contributed by atoms with Gasteiger partial charge in [0, 0.05) is 18.8 Å². The third kappa shape index (κ3) is 3.98. The van der Waals surface area contributed by atoms with Crippen LogP contribution in [0.5, 0.6) is 0 Å². The molecule has 0 bridgehead atoms. The molecular formula is C18H27N3. The Bertz CT molecular complexity index is 505. The van der Waals surface area contributed by atoms with Crippen molar-refractivity contribution in [2.24, 2.45) is 5.92 Å². The molecule has 0 spiro atoms. The monoisotopic (exact) mass is 285 g/mol. The molecule has 0 saturated heterocycles. The largest absolute Gasteiger partial charge is 0.371 e. The van der Waals surface area contributed by atoms with Crippen LogP contribution in [0.25, 0.3) is 0 Å². The Morgan fingerprint density at radius 2 is 2.14 bits per heavy atom. The van der Waals surface area contributed by atoms with Crippen LogP contribution in [0, 0.1) is 17.2 Å². The van der Waals surface area contributed by atoms with Crippen LogP contribution in [0.15, 0.2) is 24.3 Å². The lowest BCUT2D eigenvalue weighted by Crippen LogP contribution is -2.38. The zero-order valence-electron chi connectivity index (χ0n) is 13.5. The second-order valence-corrected chi connectivity index (χ2v) is 6.54. The molecule has 0 fully saturated rings. The average molecular weight is 285 g/mol. The van der Waals surface area contributed by atoms with E-state index in [4.69, 9.17) is 0 Å². The van der Waals surface area contributed by atoms with Crippen LogP contribution < -0.4 is 10.2 Å². The predicted octanol–water partition coefficient (Wildman–Crippen LogP) is 3.36. The van der Waals surface area contributed by atoms with Crippen LogP contribution in [0.1, 0.15) is 38.7 Å². The first kappa shape index (κ1) is 15.9. The molecule has 2 atom stereocenters. The molecule has 1 heterocycles. The fourth-order valence-corrected chi connectivity index (χ4v) is 3.14. The van der Waals surface area contributed by atoms with E-state index in [-0.39, 0.29) is 5.54 Å². The maximum absolute atomic E-state index is 9.18. The van der Waals surface area contributed by atoms with Gasteiger partial charge in [0.1, 0.15) is 5.54 Å². The molecule has 21 heavy (non-hydrogen) atoms. The van der Waals surface area contributed by atoms with Gasteiger partial charge in [0.25, 0.3) is 0 Å². The number of fused-ring (bicyclic) bond motifs is 1. The van der Waals surface area contributed by atoms with Crippen molar-refractivity contribution in [2.75, 3.05) is 25.0 Å². The van der Waals surface area contributed by atoms with Gasteiger partial charge >= 0.3 is 0 Å². The molecule has 0 saturated carbocycles. The molecule has 1 aliphatic rings. The molecule has 1 aromatic rings. The van der Waals surface area contributed by atoms with E-state index >= 15 is 0 Å². The number of nitrogens with zero attached hydrogens (tertiary/aromatic N) is 2. The van der Waals surface area contributed by atoms with E-state index in [0.717, 1.165) is 38.3 Å². The first-order chi connectivity index (χ1) is 10.1. The summed E-state index contributed by atoms with van der Waals surface area (Å²) < 4.78 is 0. The van der Waals surface area contributed by atoms with Gasteiger partial charge in [-0.2, -0.15) is 5.26 Å². The van der Waals surface area contributed by atoms with Crippen molar-refractivity contribution in [3.05, 3.63) is 29.8 Å². The van der Waals surface area contributed by atoms with Crippen LogP contribution in [-0.2, 0) is 6.42 Å². The highest BCUT2D eigenvalue weighted by Gasteiger charge is 2.22. The van der Waals surface area contributed by atoms with Gasteiger partial charge in [-0.15, -0.1) is 0 Å². The molecule has 1 N–H and O–H groups in total. The Morgan fingerprint density at radius 3 is 2.86 bits per heavy atom. The van der Waals surface area contributed by atoms with Crippen molar-refractivity contribution in [1.82, 2.24) is 5.32 Å². The van der Waals surface area contributed by atoms with E-state index in [1.165, 1.54) is 17.7 Å². The molecule has 114 valence electrons. The fourth-order valence-electron chi connectivity index (χ4n) is 3.14. The van der Waals surface area contributed by atoms with Gasteiger partial charge in [0.2, 0.25) is 0 Å². The Balaban J connectivity index is 1.88. The SMILES string of the molecule is CNC(C)(C#N)CCCCN1CC(C)Cc2ccccc21. The number of rotatable bonds is 6. The number of para-hydroxylation sites is 1. The van der Waals surface area contributed by atoms with E-state index < -0.39 is 0 Å². The Labute approximate surface area is 129 Å². The normalized spacial score (nSPS) is 20.5. The summed E-state index contributed by atoms with van der Waals surface area (Å²) >= 11 is 0. The molecule has 2 unspecified atom stereocenters. The molecule has 0 amide bonds. The third-order valence-electron chi connectivity index (χ3n) is 4.59. The number of hydrogen-bond acceptors (Lipinski definition) is 3.